The molecule has 6 nitrogen and oxygen atoms in total. The highest BCUT2D eigenvalue weighted by atomic mass is 16.2. The number of nitrogens with one attached hydrogen (secondary N) is 1. The molecule has 1 aliphatic rings. The average molecular weight is 335 g/mol. The van der Waals surface area contributed by atoms with E-state index in [0.29, 0.717) is 18.7 Å². The summed E-state index contributed by atoms with van der Waals surface area (Å²) in [5, 5.41) is 11.9. The second kappa shape index (κ2) is 7.67. The summed E-state index contributed by atoms with van der Waals surface area (Å²) in [6.07, 6.45) is 2.46. The number of urea groups is 1. The molecule has 0 aliphatic carbocycles. The molecule has 2 heterocycles. The van der Waals surface area contributed by atoms with Gasteiger partial charge in [0.25, 0.3) is 0 Å². The summed E-state index contributed by atoms with van der Waals surface area (Å²) in [4.78, 5) is 20.9. The van der Waals surface area contributed by atoms with Crippen molar-refractivity contribution in [3.05, 3.63) is 53.7 Å². The fraction of sp³-hybridized carbons (Fsp3) is 0.316. The zero-order valence-corrected chi connectivity index (χ0v) is 14.3. The minimum absolute atomic E-state index is 0.0658. The van der Waals surface area contributed by atoms with Crippen LogP contribution in [0.5, 0.6) is 0 Å². The topological polar surface area (TPSA) is 72.3 Å². The molecule has 0 radical (unpaired) electrons. The molecule has 2 amide bonds. The Morgan fingerprint density at radius 2 is 2.00 bits per heavy atom. The highest BCUT2D eigenvalue weighted by Crippen LogP contribution is 2.17. The standard InChI is InChI=1S/C19H21N5O/c1-15-5-2-3-6-17(15)22-19(25)24-10-4-9-23(11-12-24)18-8-7-16(13-20)14-21-18/h2-3,5-8,14H,4,9-12H2,1H3,(H,22,25). The number of amides is 2. The van der Waals surface area contributed by atoms with Gasteiger partial charge in [0.1, 0.15) is 11.9 Å². The number of nitriles is 1. The lowest BCUT2D eigenvalue weighted by molar-refractivity contribution is 0.215. The van der Waals surface area contributed by atoms with E-state index in [1.165, 1.54) is 0 Å². The number of carbonyl (C=O) groups excluding carboxylic acids is 1. The first kappa shape index (κ1) is 16.8. The molecule has 1 aromatic heterocycles. The van der Waals surface area contributed by atoms with Gasteiger partial charge in [-0.1, -0.05) is 18.2 Å². The number of carbonyl (C=O) groups is 1. The lowest BCUT2D eigenvalue weighted by atomic mass is 10.2. The highest BCUT2D eigenvalue weighted by molar-refractivity contribution is 5.90. The van der Waals surface area contributed by atoms with E-state index in [1.807, 2.05) is 42.2 Å². The van der Waals surface area contributed by atoms with E-state index in [-0.39, 0.29) is 6.03 Å². The normalized spacial score (nSPS) is 14.6. The molecule has 0 unspecified atom stereocenters. The Morgan fingerprint density at radius 3 is 2.72 bits per heavy atom. The minimum Gasteiger partial charge on any atom is -0.355 e. The zero-order valence-electron chi connectivity index (χ0n) is 14.3. The Balaban J connectivity index is 1.62. The molecule has 0 spiro atoms. The largest absolute Gasteiger partial charge is 0.355 e. The van der Waals surface area contributed by atoms with Crippen molar-refractivity contribution in [1.29, 1.82) is 5.26 Å². The number of pyridine rings is 1. The molecule has 2 aromatic rings. The van der Waals surface area contributed by atoms with Crippen molar-refractivity contribution in [2.75, 3.05) is 36.4 Å². The SMILES string of the molecule is Cc1ccccc1NC(=O)N1CCCN(c2ccc(C#N)cn2)CC1. The minimum atomic E-state index is -0.0658. The second-order valence-electron chi connectivity index (χ2n) is 6.09. The molecule has 3 rings (SSSR count). The Bertz CT molecular complexity index is 781. The number of nitrogens with zero attached hydrogens (tertiary/aromatic N) is 4. The van der Waals surface area contributed by atoms with Crippen LogP contribution >= 0.6 is 0 Å². The number of benzene rings is 1. The first-order chi connectivity index (χ1) is 12.2. The predicted octanol–water partition coefficient (Wildman–Crippen LogP) is 3.01. The van der Waals surface area contributed by atoms with E-state index < -0.39 is 0 Å². The summed E-state index contributed by atoms with van der Waals surface area (Å²) in [5.41, 5.74) is 2.45. The molecule has 0 atom stereocenters. The smallest absolute Gasteiger partial charge is 0.321 e. The number of hydrogen-bond donors (Lipinski definition) is 1. The van der Waals surface area contributed by atoms with E-state index in [1.54, 1.807) is 12.3 Å². The number of rotatable bonds is 2. The number of hydrogen-bond acceptors (Lipinski definition) is 4. The highest BCUT2D eigenvalue weighted by Gasteiger charge is 2.20. The van der Waals surface area contributed by atoms with Crippen LogP contribution in [0.1, 0.15) is 17.5 Å². The number of aryl methyl sites for hydroxylation is 1. The van der Waals surface area contributed by atoms with Gasteiger partial charge in [-0.25, -0.2) is 9.78 Å². The molecular formula is C19H21N5O. The molecule has 128 valence electrons. The summed E-state index contributed by atoms with van der Waals surface area (Å²) >= 11 is 0. The van der Waals surface area contributed by atoms with Crippen molar-refractivity contribution < 1.29 is 4.79 Å². The molecule has 1 aliphatic heterocycles. The summed E-state index contributed by atoms with van der Waals surface area (Å²) in [6.45, 7) is 4.90. The zero-order chi connectivity index (χ0) is 17.6. The van der Waals surface area contributed by atoms with E-state index in [0.717, 1.165) is 36.6 Å². The third kappa shape index (κ3) is 4.07. The summed E-state index contributed by atoms with van der Waals surface area (Å²) in [7, 11) is 0. The molecule has 1 fully saturated rings. The predicted molar refractivity (Wildman–Crippen MR) is 97.6 cm³/mol. The van der Waals surface area contributed by atoms with Crippen molar-refractivity contribution in [1.82, 2.24) is 9.88 Å². The van der Waals surface area contributed by atoms with Crippen molar-refractivity contribution in [3.63, 3.8) is 0 Å². The number of aromatic nitrogens is 1. The van der Waals surface area contributed by atoms with Crippen LogP contribution < -0.4 is 10.2 Å². The lowest BCUT2D eigenvalue weighted by Gasteiger charge is -2.23. The van der Waals surface area contributed by atoms with Crippen molar-refractivity contribution in [3.8, 4) is 6.07 Å². The monoisotopic (exact) mass is 335 g/mol. The van der Waals surface area contributed by atoms with Crippen LogP contribution in [-0.4, -0.2) is 42.1 Å². The van der Waals surface area contributed by atoms with E-state index >= 15 is 0 Å². The fourth-order valence-electron chi connectivity index (χ4n) is 2.90. The lowest BCUT2D eigenvalue weighted by Crippen LogP contribution is -2.38. The van der Waals surface area contributed by atoms with Crippen LogP contribution in [0.2, 0.25) is 0 Å². The quantitative estimate of drug-likeness (QED) is 0.916. The fourth-order valence-corrected chi connectivity index (χ4v) is 2.90. The van der Waals surface area contributed by atoms with Crippen molar-refractivity contribution in [2.45, 2.75) is 13.3 Å². The number of anilines is 2. The molecule has 0 bridgehead atoms. The van der Waals surface area contributed by atoms with Crippen LogP contribution in [0, 0.1) is 18.3 Å². The maximum atomic E-state index is 12.5. The van der Waals surface area contributed by atoms with Crippen LogP contribution in [0.4, 0.5) is 16.3 Å². The van der Waals surface area contributed by atoms with E-state index in [2.05, 4.69) is 21.3 Å². The first-order valence-corrected chi connectivity index (χ1v) is 8.40. The van der Waals surface area contributed by atoms with Gasteiger partial charge in [0.05, 0.1) is 5.56 Å². The summed E-state index contributed by atoms with van der Waals surface area (Å²) < 4.78 is 0. The Morgan fingerprint density at radius 1 is 1.16 bits per heavy atom. The Hall–Kier alpha value is -3.07. The molecule has 6 heteroatoms. The Kier molecular flexibility index (Phi) is 5.14. The van der Waals surface area contributed by atoms with Gasteiger partial charge < -0.3 is 15.1 Å². The van der Waals surface area contributed by atoms with Gasteiger partial charge in [-0.05, 0) is 37.1 Å². The van der Waals surface area contributed by atoms with Crippen molar-refractivity contribution >= 4 is 17.5 Å². The van der Waals surface area contributed by atoms with Gasteiger partial charge in [0, 0.05) is 38.1 Å². The van der Waals surface area contributed by atoms with Crippen LogP contribution in [0.3, 0.4) is 0 Å². The van der Waals surface area contributed by atoms with Crippen molar-refractivity contribution in [2.24, 2.45) is 0 Å². The maximum absolute atomic E-state index is 12.5. The molecule has 1 aromatic carbocycles. The van der Waals surface area contributed by atoms with E-state index in [4.69, 9.17) is 5.26 Å². The third-order valence-corrected chi connectivity index (χ3v) is 4.37. The van der Waals surface area contributed by atoms with Gasteiger partial charge in [0.2, 0.25) is 0 Å². The van der Waals surface area contributed by atoms with Gasteiger partial charge >= 0.3 is 6.03 Å². The average Bonchev–Trinajstić information content (AvgIpc) is 2.90. The molecule has 0 saturated carbocycles. The molecule has 1 saturated heterocycles. The maximum Gasteiger partial charge on any atom is 0.321 e. The molecular weight excluding hydrogens is 314 g/mol. The Labute approximate surface area is 147 Å². The summed E-state index contributed by atoms with van der Waals surface area (Å²) in [5.74, 6) is 0.847. The first-order valence-electron chi connectivity index (χ1n) is 8.40. The van der Waals surface area contributed by atoms with Crippen LogP contribution in [0.15, 0.2) is 42.6 Å². The van der Waals surface area contributed by atoms with Crippen LogP contribution in [0.25, 0.3) is 0 Å². The summed E-state index contributed by atoms with van der Waals surface area (Å²) in [6, 6.07) is 13.4. The van der Waals surface area contributed by atoms with Gasteiger partial charge in [-0.2, -0.15) is 5.26 Å². The van der Waals surface area contributed by atoms with Gasteiger partial charge in [-0.3, -0.25) is 0 Å². The number of para-hydroxylation sites is 1. The second-order valence-corrected chi connectivity index (χ2v) is 6.09. The van der Waals surface area contributed by atoms with Crippen LogP contribution in [-0.2, 0) is 0 Å². The van der Waals surface area contributed by atoms with Gasteiger partial charge in [0.15, 0.2) is 0 Å². The molecule has 25 heavy (non-hydrogen) atoms. The third-order valence-electron chi connectivity index (χ3n) is 4.37. The van der Waals surface area contributed by atoms with E-state index in [9.17, 15) is 4.79 Å². The molecule has 1 N–H and O–H groups in total. The van der Waals surface area contributed by atoms with Gasteiger partial charge in [-0.15, -0.1) is 0 Å².